The molecule has 2 heterocycles. The molecule has 0 spiro atoms. The summed E-state index contributed by atoms with van der Waals surface area (Å²) in [5.41, 5.74) is 1.30. The average molecular weight is 269 g/mol. The summed E-state index contributed by atoms with van der Waals surface area (Å²) in [6.45, 7) is 0. The van der Waals surface area contributed by atoms with Crippen LogP contribution in [0.2, 0.25) is 0 Å². The monoisotopic (exact) mass is 268 g/mol. The van der Waals surface area contributed by atoms with Gasteiger partial charge in [0.2, 0.25) is 0 Å². The van der Waals surface area contributed by atoms with Gasteiger partial charge < -0.3 is 0 Å². The Hall–Kier alpha value is -0.870. The number of fused-ring (bicyclic) bond motifs is 3. The molecule has 5 heteroatoms. The Balaban J connectivity index is 2.39. The minimum atomic E-state index is 0.0602. The number of aromatic nitrogens is 2. The number of halogens is 1. The first-order valence-corrected chi connectivity index (χ1v) is 7.13. The summed E-state index contributed by atoms with van der Waals surface area (Å²) in [5.74, 6) is 0.937. The molecule has 0 fully saturated rings. The second-order valence-corrected chi connectivity index (χ2v) is 5.77. The fraction of sp³-hybridized carbons (Fsp3) is 0.500. The van der Waals surface area contributed by atoms with Crippen LogP contribution >= 0.6 is 22.9 Å². The molecule has 0 unspecified atom stereocenters. The number of thiophene rings is 1. The van der Waals surface area contributed by atoms with Gasteiger partial charge in [0.15, 0.2) is 0 Å². The van der Waals surface area contributed by atoms with Gasteiger partial charge in [0.1, 0.15) is 10.7 Å². The third-order valence-corrected chi connectivity index (χ3v) is 4.83. The van der Waals surface area contributed by atoms with Crippen LogP contribution in [-0.4, -0.2) is 9.55 Å². The lowest BCUT2D eigenvalue weighted by molar-refractivity contribution is 0.698. The first kappa shape index (κ1) is 11.2. The number of aryl methyl sites for hydroxylation is 2. The smallest absolute Gasteiger partial charge is 0.262 e. The number of rotatable bonds is 1. The molecule has 3 nitrogen and oxygen atoms in total. The molecule has 0 atom stereocenters. The number of hydrogen-bond donors (Lipinski definition) is 0. The van der Waals surface area contributed by atoms with Gasteiger partial charge in [-0.2, -0.15) is 0 Å². The Bertz CT molecular complexity index is 644. The summed E-state index contributed by atoms with van der Waals surface area (Å²) in [5, 5.41) is 0.834. The maximum atomic E-state index is 12.3. The minimum Gasteiger partial charge on any atom is -0.298 e. The molecule has 0 saturated carbocycles. The Kier molecular flexibility index (Phi) is 2.71. The highest BCUT2D eigenvalue weighted by atomic mass is 35.5. The van der Waals surface area contributed by atoms with Crippen molar-refractivity contribution in [2.75, 3.05) is 0 Å². The van der Waals surface area contributed by atoms with E-state index in [9.17, 15) is 4.79 Å². The highest BCUT2D eigenvalue weighted by Gasteiger charge is 2.20. The summed E-state index contributed by atoms with van der Waals surface area (Å²) in [4.78, 5) is 19.0. The van der Waals surface area contributed by atoms with Gasteiger partial charge in [0, 0.05) is 11.9 Å². The van der Waals surface area contributed by atoms with Crippen molar-refractivity contribution >= 4 is 33.2 Å². The lowest BCUT2D eigenvalue weighted by Gasteiger charge is -2.10. The second-order valence-electron chi connectivity index (χ2n) is 4.42. The fourth-order valence-electron chi connectivity index (χ4n) is 2.45. The maximum Gasteiger partial charge on any atom is 0.262 e. The van der Waals surface area contributed by atoms with Crippen LogP contribution in [0.15, 0.2) is 4.79 Å². The molecule has 3 rings (SSSR count). The topological polar surface area (TPSA) is 34.9 Å². The fourth-order valence-corrected chi connectivity index (χ4v) is 3.96. The second kappa shape index (κ2) is 4.10. The Labute approximate surface area is 108 Å². The molecule has 0 N–H and O–H groups in total. The zero-order valence-corrected chi connectivity index (χ0v) is 11.2. The molecule has 0 aromatic carbocycles. The molecule has 0 amide bonds. The van der Waals surface area contributed by atoms with Gasteiger partial charge in [-0.1, -0.05) is 0 Å². The van der Waals surface area contributed by atoms with E-state index in [0.29, 0.717) is 5.82 Å². The molecule has 2 aromatic rings. The van der Waals surface area contributed by atoms with Gasteiger partial charge in [-0.25, -0.2) is 4.98 Å². The Morgan fingerprint density at radius 2 is 2.18 bits per heavy atom. The van der Waals surface area contributed by atoms with Crippen LogP contribution in [0.3, 0.4) is 0 Å². The van der Waals surface area contributed by atoms with Crippen LogP contribution in [0, 0.1) is 0 Å². The zero-order chi connectivity index (χ0) is 12.0. The highest BCUT2D eigenvalue weighted by molar-refractivity contribution is 7.18. The molecular weight excluding hydrogens is 256 g/mol. The lowest BCUT2D eigenvalue weighted by atomic mass is 9.97. The molecule has 0 radical (unpaired) electrons. The van der Waals surface area contributed by atoms with E-state index in [2.05, 4.69) is 4.98 Å². The molecule has 1 aliphatic carbocycles. The van der Waals surface area contributed by atoms with E-state index in [4.69, 9.17) is 11.6 Å². The molecule has 1 aliphatic rings. The molecule has 0 saturated heterocycles. The quantitative estimate of drug-likeness (QED) is 0.745. The zero-order valence-electron chi connectivity index (χ0n) is 9.62. The predicted molar refractivity (Wildman–Crippen MR) is 71.1 cm³/mol. The molecule has 2 aromatic heterocycles. The number of alkyl halides is 1. The van der Waals surface area contributed by atoms with E-state index in [-0.39, 0.29) is 11.4 Å². The normalized spacial score (nSPS) is 15.2. The van der Waals surface area contributed by atoms with Crippen LogP contribution in [0.25, 0.3) is 10.2 Å². The van der Waals surface area contributed by atoms with E-state index in [1.165, 1.54) is 23.3 Å². The third-order valence-electron chi connectivity index (χ3n) is 3.41. The molecule has 0 aliphatic heterocycles. The van der Waals surface area contributed by atoms with E-state index in [1.54, 1.807) is 23.0 Å². The van der Waals surface area contributed by atoms with Crippen molar-refractivity contribution in [3.63, 3.8) is 0 Å². The largest absolute Gasteiger partial charge is 0.298 e. The van der Waals surface area contributed by atoms with Crippen molar-refractivity contribution in [2.45, 2.75) is 31.6 Å². The highest BCUT2D eigenvalue weighted by Crippen LogP contribution is 2.33. The number of hydrogen-bond acceptors (Lipinski definition) is 3. The summed E-state index contributed by atoms with van der Waals surface area (Å²) in [6, 6.07) is 0. The predicted octanol–water partition coefficient (Wildman–Crippen LogP) is 2.61. The van der Waals surface area contributed by atoms with Crippen molar-refractivity contribution in [1.82, 2.24) is 9.55 Å². The van der Waals surface area contributed by atoms with Crippen LogP contribution in [0.4, 0.5) is 0 Å². The standard InChI is InChI=1S/C12H13ClN2OS/c1-15-9(6-13)14-11-10(12(15)16)7-4-2-3-5-8(7)17-11/h2-6H2,1H3. The molecule has 90 valence electrons. The van der Waals surface area contributed by atoms with Crippen molar-refractivity contribution in [3.8, 4) is 0 Å². The van der Waals surface area contributed by atoms with Gasteiger partial charge in [0.05, 0.1) is 11.3 Å². The van der Waals surface area contributed by atoms with E-state index < -0.39 is 0 Å². The maximum absolute atomic E-state index is 12.3. The van der Waals surface area contributed by atoms with Crippen LogP contribution in [-0.2, 0) is 25.8 Å². The van der Waals surface area contributed by atoms with Crippen molar-refractivity contribution in [3.05, 3.63) is 26.6 Å². The lowest BCUT2D eigenvalue weighted by Crippen LogP contribution is -2.22. The summed E-state index contributed by atoms with van der Waals surface area (Å²) in [7, 11) is 1.75. The van der Waals surface area contributed by atoms with Crippen molar-refractivity contribution < 1.29 is 0 Å². The van der Waals surface area contributed by atoms with Crippen LogP contribution in [0.5, 0.6) is 0 Å². The van der Waals surface area contributed by atoms with E-state index >= 15 is 0 Å². The summed E-state index contributed by atoms with van der Waals surface area (Å²) >= 11 is 7.48. The van der Waals surface area contributed by atoms with Gasteiger partial charge in [0.25, 0.3) is 5.56 Å². The first-order chi connectivity index (χ1) is 8.22. The summed E-state index contributed by atoms with van der Waals surface area (Å²) in [6.07, 6.45) is 4.52. The SMILES string of the molecule is Cn1c(CCl)nc2sc3c(c2c1=O)CCCC3. The molecule has 0 bridgehead atoms. The first-order valence-electron chi connectivity index (χ1n) is 5.78. The average Bonchev–Trinajstić information content (AvgIpc) is 2.72. The van der Waals surface area contributed by atoms with E-state index in [1.807, 2.05) is 0 Å². The van der Waals surface area contributed by atoms with Gasteiger partial charge in [-0.05, 0) is 31.2 Å². The number of nitrogens with zero attached hydrogens (tertiary/aromatic N) is 2. The molecular formula is C12H13ClN2OS. The third kappa shape index (κ3) is 1.62. The van der Waals surface area contributed by atoms with E-state index in [0.717, 1.165) is 23.1 Å². The minimum absolute atomic E-state index is 0.0602. The van der Waals surface area contributed by atoms with Crippen LogP contribution < -0.4 is 5.56 Å². The van der Waals surface area contributed by atoms with Crippen LogP contribution in [0.1, 0.15) is 29.1 Å². The van der Waals surface area contributed by atoms with Crippen molar-refractivity contribution in [2.24, 2.45) is 7.05 Å². The van der Waals surface area contributed by atoms with Gasteiger partial charge in [-0.3, -0.25) is 9.36 Å². The van der Waals surface area contributed by atoms with Gasteiger partial charge in [-0.15, -0.1) is 22.9 Å². The Morgan fingerprint density at radius 3 is 2.94 bits per heavy atom. The van der Waals surface area contributed by atoms with Gasteiger partial charge >= 0.3 is 0 Å². The Morgan fingerprint density at radius 1 is 1.41 bits per heavy atom. The van der Waals surface area contributed by atoms with Crippen molar-refractivity contribution in [1.29, 1.82) is 0 Å². The molecule has 17 heavy (non-hydrogen) atoms. The summed E-state index contributed by atoms with van der Waals surface area (Å²) < 4.78 is 1.58.